The first-order valence-corrected chi connectivity index (χ1v) is 8.72. The Balaban J connectivity index is 1.56. The van der Waals surface area contributed by atoms with E-state index in [2.05, 4.69) is 60.9 Å². The molecular formula is C21H26N2O. The summed E-state index contributed by atoms with van der Waals surface area (Å²) in [4.78, 5) is 11.2. The van der Waals surface area contributed by atoms with E-state index in [1.807, 2.05) is 12.1 Å². The first-order valence-electron chi connectivity index (χ1n) is 8.72. The van der Waals surface area contributed by atoms with Crippen LogP contribution in [0, 0.1) is 6.92 Å². The number of nitrogens with one attached hydrogen (secondary N) is 2. The van der Waals surface area contributed by atoms with Gasteiger partial charge in [0.25, 0.3) is 0 Å². The topological polar surface area (TPSA) is 41.1 Å². The molecule has 0 saturated heterocycles. The lowest BCUT2D eigenvalue weighted by Crippen LogP contribution is -2.41. The van der Waals surface area contributed by atoms with E-state index in [0.717, 1.165) is 5.69 Å². The lowest BCUT2D eigenvalue weighted by molar-refractivity contribution is -0.114. The highest BCUT2D eigenvalue weighted by molar-refractivity contribution is 5.88. The monoisotopic (exact) mass is 322 g/mol. The van der Waals surface area contributed by atoms with Gasteiger partial charge in [0.15, 0.2) is 0 Å². The van der Waals surface area contributed by atoms with E-state index in [9.17, 15) is 4.79 Å². The summed E-state index contributed by atoms with van der Waals surface area (Å²) in [6, 6.07) is 17.6. The number of rotatable bonds is 5. The van der Waals surface area contributed by atoms with Crippen LogP contribution in [0.1, 0.15) is 55.3 Å². The van der Waals surface area contributed by atoms with Crippen LogP contribution in [0.5, 0.6) is 0 Å². The molecule has 1 fully saturated rings. The van der Waals surface area contributed by atoms with Gasteiger partial charge in [0.2, 0.25) is 5.91 Å². The lowest BCUT2D eigenvalue weighted by Gasteiger charge is -2.39. The summed E-state index contributed by atoms with van der Waals surface area (Å²) in [5, 5.41) is 6.57. The minimum atomic E-state index is -0.0344. The molecule has 0 radical (unpaired) electrons. The molecule has 1 aliphatic rings. The number of hydrogen-bond acceptors (Lipinski definition) is 2. The van der Waals surface area contributed by atoms with Gasteiger partial charge in [0.1, 0.15) is 0 Å². The van der Waals surface area contributed by atoms with Crippen molar-refractivity contribution in [3.63, 3.8) is 0 Å². The first kappa shape index (κ1) is 16.7. The maximum atomic E-state index is 11.2. The van der Waals surface area contributed by atoms with E-state index < -0.39 is 0 Å². The number of carbonyl (C=O) groups is 1. The van der Waals surface area contributed by atoms with E-state index in [1.54, 1.807) is 0 Å². The molecule has 2 aromatic carbocycles. The average Bonchev–Trinajstić information content (AvgIpc) is 2.51. The predicted molar refractivity (Wildman–Crippen MR) is 99.2 cm³/mol. The largest absolute Gasteiger partial charge is 0.326 e. The van der Waals surface area contributed by atoms with Gasteiger partial charge in [-0.2, -0.15) is 0 Å². The third kappa shape index (κ3) is 3.85. The van der Waals surface area contributed by atoms with Crippen LogP contribution in [0.4, 0.5) is 5.69 Å². The molecule has 0 aromatic heterocycles. The SMILES string of the molecule is CC(=O)Nc1cccc(C(C)NC2CC(c3ccccc3C)C2)c1. The Morgan fingerprint density at radius 1 is 1.12 bits per heavy atom. The summed E-state index contributed by atoms with van der Waals surface area (Å²) >= 11 is 0. The molecule has 2 N–H and O–H groups in total. The smallest absolute Gasteiger partial charge is 0.221 e. The molecule has 0 heterocycles. The average molecular weight is 322 g/mol. The van der Waals surface area contributed by atoms with Gasteiger partial charge in [-0.1, -0.05) is 36.4 Å². The van der Waals surface area contributed by atoms with Gasteiger partial charge in [0.05, 0.1) is 0 Å². The van der Waals surface area contributed by atoms with Gasteiger partial charge in [-0.15, -0.1) is 0 Å². The Bertz CT molecular complexity index is 719. The van der Waals surface area contributed by atoms with Crippen molar-refractivity contribution in [3.05, 3.63) is 65.2 Å². The summed E-state index contributed by atoms with van der Waals surface area (Å²) in [6.45, 7) is 5.93. The molecule has 3 rings (SSSR count). The Morgan fingerprint density at radius 3 is 2.58 bits per heavy atom. The fourth-order valence-electron chi connectivity index (χ4n) is 3.59. The molecule has 2 aromatic rings. The summed E-state index contributed by atoms with van der Waals surface area (Å²) in [5.74, 6) is 0.648. The molecule has 0 aliphatic heterocycles. The highest BCUT2D eigenvalue weighted by Crippen LogP contribution is 2.39. The maximum absolute atomic E-state index is 11.2. The molecule has 126 valence electrons. The Labute approximate surface area is 144 Å². The standard InChI is InChI=1S/C21H26N2O/c1-14-7-4-5-10-21(14)18-12-20(13-18)22-15(2)17-8-6-9-19(11-17)23-16(3)24/h4-11,15,18,20,22H,12-13H2,1-3H3,(H,23,24). The Hall–Kier alpha value is -2.13. The van der Waals surface area contributed by atoms with Crippen LogP contribution in [0.2, 0.25) is 0 Å². The van der Waals surface area contributed by atoms with Crippen LogP contribution in [0.3, 0.4) is 0 Å². The molecule has 1 amide bonds. The van der Waals surface area contributed by atoms with Crippen LogP contribution in [-0.4, -0.2) is 11.9 Å². The van der Waals surface area contributed by atoms with Gasteiger partial charge in [-0.25, -0.2) is 0 Å². The number of carbonyl (C=O) groups excluding carboxylic acids is 1. The number of hydrogen-bond donors (Lipinski definition) is 2. The van der Waals surface area contributed by atoms with Crippen molar-refractivity contribution in [1.82, 2.24) is 5.32 Å². The van der Waals surface area contributed by atoms with Crippen molar-refractivity contribution >= 4 is 11.6 Å². The molecule has 1 atom stereocenters. The molecule has 1 aliphatic carbocycles. The molecule has 3 nitrogen and oxygen atoms in total. The van der Waals surface area contributed by atoms with E-state index >= 15 is 0 Å². The molecule has 0 bridgehead atoms. The summed E-state index contributed by atoms with van der Waals surface area (Å²) in [7, 11) is 0. The molecule has 1 unspecified atom stereocenters. The van der Waals surface area contributed by atoms with Gasteiger partial charge in [0, 0.05) is 24.7 Å². The zero-order valence-corrected chi connectivity index (χ0v) is 14.7. The van der Waals surface area contributed by atoms with Crippen molar-refractivity contribution in [2.45, 2.75) is 51.6 Å². The van der Waals surface area contributed by atoms with Crippen LogP contribution >= 0.6 is 0 Å². The fraction of sp³-hybridized carbons (Fsp3) is 0.381. The van der Waals surface area contributed by atoms with Crippen LogP contribution in [-0.2, 0) is 4.79 Å². The van der Waals surface area contributed by atoms with Crippen LogP contribution in [0.15, 0.2) is 48.5 Å². The van der Waals surface area contributed by atoms with Crippen molar-refractivity contribution in [2.24, 2.45) is 0 Å². The van der Waals surface area contributed by atoms with E-state index in [4.69, 9.17) is 0 Å². The number of amides is 1. The molecule has 0 spiro atoms. The second-order valence-electron chi connectivity index (χ2n) is 6.92. The maximum Gasteiger partial charge on any atom is 0.221 e. The molecular weight excluding hydrogens is 296 g/mol. The van der Waals surface area contributed by atoms with Gasteiger partial charge < -0.3 is 10.6 Å². The fourth-order valence-corrected chi connectivity index (χ4v) is 3.59. The van der Waals surface area contributed by atoms with Crippen molar-refractivity contribution in [2.75, 3.05) is 5.32 Å². The van der Waals surface area contributed by atoms with Crippen molar-refractivity contribution in [3.8, 4) is 0 Å². The zero-order chi connectivity index (χ0) is 17.1. The van der Waals surface area contributed by atoms with Gasteiger partial charge in [-0.05, 0) is 61.4 Å². The van der Waals surface area contributed by atoms with Gasteiger partial charge in [-0.3, -0.25) is 4.79 Å². The zero-order valence-electron chi connectivity index (χ0n) is 14.7. The molecule has 3 heteroatoms. The normalized spacial score (nSPS) is 21.0. The second kappa shape index (κ2) is 7.18. The predicted octanol–water partition coefficient (Wildman–Crippen LogP) is 4.55. The second-order valence-corrected chi connectivity index (χ2v) is 6.92. The number of benzene rings is 2. The first-order chi connectivity index (χ1) is 11.5. The summed E-state index contributed by atoms with van der Waals surface area (Å²) < 4.78 is 0. The highest BCUT2D eigenvalue weighted by Gasteiger charge is 2.31. The minimum absolute atomic E-state index is 0.0344. The highest BCUT2D eigenvalue weighted by atomic mass is 16.1. The van der Waals surface area contributed by atoms with Gasteiger partial charge >= 0.3 is 0 Å². The summed E-state index contributed by atoms with van der Waals surface area (Å²) in [5.41, 5.74) is 4.97. The third-order valence-corrected chi connectivity index (χ3v) is 4.96. The van der Waals surface area contributed by atoms with Crippen LogP contribution < -0.4 is 10.6 Å². The summed E-state index contributed by atoms with van der Waals surface area (Å²) in [6.07, 6.45) is 2.39. The van der Waals surface area contributed by atoms with E-state index in [-0.39, 0.29) is 11.9 Å². The third-order valence-electron chi connectivity index (χ3n) is 4.96. The Kier molecular flexibility index (Phi) is 5.00. The quantitative estimate of drug-likeness (QED) is 0.848. The van der Waals surface area contributed by atoms with Crippen LogP contribution in [0.25, 0.3) is 0 Å². The Morgan fingerprint density at radius 2 is 1.88 bits per heavy atom. The number of aryl methyl sites for hydroxylation is 1. The minimum Gasteiger partial charge on any atom is -0.326 e. The lowest BCUT2D eigenvalue weighted by atomic mass is 9.74. The molecule has 1 saturated carbocycles. The van der Waals surface area contributed by atoms with Crippen molar-refractivity contribution < 1.29 is 4.79 Å². The van der Waals surface area contributed by atoms with Crippen molar-refractivity contribution in [1.29, 1.82) is 0 Å². The number of anilines is 1. The van der Waals surface area contributed by atoms with E-state index in [0.29, 0.717) is 12.0 Å². The molecule has 24 heavy (non-hydrogen) atoms. The van der Waals surface area contributed by atoms with E-state index in [1.165, 1.54) is 36.5 Å².